The highest BCUT2D eigenvalue weighted by atomic mass is 16.5. The first-order valence-corrected chi connectivity index (χ1v) is 8.79. The van der Waals surface area contributed by atoms with E-state index in [9.17, 15) is 19.5 Å². The van der Waals surface area contributed by atoms with Crippen LogP contribution < -0.4 is 15.5 Å². The maximum Gasteiger partial charge on any atom is 0.326 e. The standard InChI is InChI=1S/C19H28N2O6/c1-11(2)9-15(12(3)17(22)21-26)18(23)20-16(19(24)25)10-13-5-7-14(27-4)8-6-13/h5-8,11-12,15-16,26H,9-10H2,1-4H3,(H,20,23)(H,21,22)(H,24,25). The quantitative estimate of drug-likeness (QED) is 0.361. The Kier molecular flexibility index (Phi) is 8.74. The van der Waals surface area contributed by atoms with E-state index >= 15 is 0 Å². The molecule has 2 amide bonds. The predicted molar refractivity (Wildman–Crippen MR) is 98.3 cm³/mol. The third-order valence-corrected chi connectivity index (χ3v) is 4.40. The molecule has 1 rings (SSSR count). The number of hydrogen-bond donors (Lipinski definition) is 4. The van der Waals surface area contributed by atoms with E-state index in [1.807, 2.05) is 13.8 Å². The summed E-state index contributed by atoms with van der Waals surface area (Å²) in [5.74, 6) is -3.17. The average molecular weight is 380 g/mol. The smallest absolute Gasteiger partial charge is 0.326 e. The van der Waals surface area contributed by atoms with Gasteiger partial charge in [-0.3, -0.25) is 14.8 Å². The molecule has 0 fully saturated rings. The Hall–Kier alpha value is -2.61. The number of carboxylic acid groups (broad SMARTS) is 1. The molecule has 0 aliphatic rings. The second-order valence-electron chi connectivity index (χ2n) is 6.95. The van der Waals surface area contributed by atoms with E-state index in [4.69, 9.17) is 9.94 Å². The van der Waals surface area contributed by atoms with Gasteiger partial charge in [0.25, 0.3) is 0 Å². The molecule has 0 saturated carbocycles. The molecule has 0 aromatic heterocycles. The van der Waals surface area contributed by atoms with E-state index in [-0.39, 0.29) is 12.3 Å². The van der Waals surface area contributed by atoms with Crippen LogP contribution in [0.3, 0.4) is 0 Å². The first kappa shape index (κ1) is 22.4. The number of aliphatic carboxylic acids is 1. The fourth-order valence-electron chi connectivity index (χ4n) is 2.81. The molecule has 0 radical (unpaired) electrons. The lowest BCUT2D eigenvalue weighted by atomic mass is 9.85. The van der Waals surface area contributed by atoms with Crippen LogP contribution in [0.25, 0.3) is 0 Å². The van der Waals surface area contributed by atoms with Crippen LogP contribution in [-0.4, -0.2) is 41.2 Å². The molecule has 8 nitrogen and oxygen atoms in total. The highest BCUT2D eigenvalue weighted by Gasteiger charge is 2.33. The van der Waals surface area contributed by atoms with Crippen LogP contribution in [0.1, 0.15) is 32.8 Å². The molecule has 27 heavy (non-hydrogen) atoms. The van der Waals surface area contributed by atoms with Crippen molar-refractivity contribution in [1.82, 2.24) is 10.8 Å². The van der Waals surface area contributed by atoms with Gasteiger partial charge in [-0.15, -0.1) is 0 Å². The van der Waals surface area contributed by atoms with Gasteiger partial charge in [0, 0.05) is 18.3 Å². The number of nitrogens with one attached hydrogen (secondary N) is 2. The summed E-state index contributed by atoms with van der Waals surface area (Å²) in [6, 6.07) is 5.75. The van der Waals surface area contributed by atoms with Gasteiger partial charge in [-0.2, -0.15) is 0 Å². The van der Waals surface area contributed by atoms with Gasteiger partial charge in [0.2, 0.25) is 11.8 Å². The molecule has 3 atom stereocenters. The van der Waals surface area contributed by atoms with Gasteiger partial charge in [-0.05, 0) is 30.0 Å². The number of rotatable bonds is 10. The molecule has 0 saturated heterocycles. The number of carbonyl (C=O) groups is 3. The fraction of sp³-hybridized carbons (Fsp3) is 0.526. The second-order valence-corrected chi connectivity index (χ2v) is 6.95. The zero-order chi connectivity index (χ0) is 20.6. The maximum absolute atomic E-state index is 12.7. The summed E-state index contributed by atoms with van der Waals surface area (Å²) in [6.07, 6.45) is 0.481. The van der Waals surface area contributed by atoms with Crippen molar-refractivity contribution >= 4 is 17.8 Å². The summed E-state index contributed by atoms with van der Waals surface area (Å²) in [5.41, 5.74) is 2.28. The van der Waals surface area contributed by atoms with Crippen molar-refractivity contribution in [3.05, 3.63) is 29.8 Å². The van der Waals surface area contributed by atoms with Crippen LogP contribution in [0.15, 0.2) is 24.3 Å². The second kappa shape index (κ2) is 10.5. The van der Waals surface area contributed by atoms with Gasteiger partial charge >= 0.3 is 5.97 Å². The van der Waals surface area contributed by atoms with Crippen LogP contribution in [0.4, 0.5) is 0 Å². The number of hydroxylamine groups is 1. The van der Waals surface area contributed by atoms with Crippen molar-refractivity contribution < 1.29 is 29.4 Å². The number of benzene rings is 1. The van der Waals surface area contributed by atoms with E-state index in [0.717, 1.165) is 5.56 Å². The van der Waals surface area contributed by atoms with Crippen LogP contribution in [0.5, 0.6) is 5.75 Å². The van der Waals surface area contributed by atoms with E-state index in [0.29, 0.717) is 12.2 Å². The molecule has 1 aromatic carbocycles. The van der Waals surface area contributed by atoms with Crippen molar-refractivity contribution in [2.75, 3.05) is 7.11 Å². The summed E-state index contributed by atoms with van der Waals surface area (Å²) in [5, 5.41) is 20.9. The first-order valence-electron chi connectivity index (χ1n) is 8.79. The van der Waals surface area contributed by atoms with Crippen molar-refractivity contribution in [2.24, 2.45) is 17.8 Å². The first-order chi connectivity index (χ1) is 12.7. The van der Waals surface area contributed by atoms with Gasteiger partial charge in [-0.1, -0.05) is 32.9 Å². The number of methoxy groups -OCH3 is 1. The molecule has 8 heteroatoms. The van der Waals surface area contributed by atoms with Crippen molar-refractivity contribution in [1.29, 1.82) is 0 Å². The van der Waals surface area contributed by atoms with Gasteiger partial charge in [0.1, 0.15) is 11.8 Å². The summed E-state index contributed by atoms with van der Waals surface area (Å²) < 4.78 is 5.07. The lowest BCUT2D eigenvalue weighted by Gasteiger charge is -2.25. The average Bonchev–Trinajstić information content (AvgIpc) is 2.64. The molecule has 150 valence electrons. The van der Waals surface area contributed by atoms with E-state index in [1.165, 1.54) is 14.0 Å². The zero-order valence-electron chi connectivity index (χ0n) is 16.1. The molecular weight excluding hydrogens is 352 g/mol. The maximum atomic E-state index is 12.7. The third-order valence-electron chi connectivity index (χ3n) is 4.40. The Morgan fingerprint density at radius 1 is 1.07 bits per heavy atom. The highest BCUT2D eigenvalue weighted by molar-refractivity contribution is 5.89. The Morgan fingerprint density at radius 2 is 1.67 bits per heavy atom. The summed E-state index contributed by atoms with van der Waals surface area (Å²) >= 11 is 0. The van der Waals surface area contributed by atoms with E-state index < -0.39 is 35.7 Å². The Balaban J connectivity index is 2.92. The minimum absolute atomic E-state index is 0.0973. The molecule has 0 aliphatic carbocycles. The molecular formula is C19H28N2O6. The van der Waals surface area contributed by atoms with Gasteiger partial charge in [0.05, 0.1) is 7.11 Å². The van der Waals surface area contributed by atoms with Gasteiger partial charge < -0.3 is 15.2 Å². The molecule has 0 bridgehead atoms. The monoisotopic (exact) mass is 380 g/mol. The van der Waals surface area contributed by atoms with Gasteiger partial charge in [-0.25, -0.2) is 10.3 Å². The lowest BCUT2D eigenvalue weighted by molar-refractivity contribution is -0.144. The van der Waals surface area contributed by atoms with E-state index in [2.05, 4.69) is 5.32 Å². The number of amides is 2. The van der Waals surface area contributed by atoms with Gasteiger partial charge in [0.15, 0.2) is 0 Å². The van der Waals surface area contributed by atoms with Crippen LogP contribution >= 0.6 is 0 Å². The fourth-order valence-corrected chi connectivity index (χ4v) is 2.81. The predicted octanol–water partition coefficient (Wildman–Crippen LogP) is 1.61. The van der Waals surface area contributed by atoms with Crippen LogP contribution in [0, 0.1) is 17.8 Å². The molecule has 4 N–H and O–H groups in total. The minimum Gasteiger partial charge on any atom is -0.497 e. The van der Waals surface area contributed by atoms with E-state index in [1.54, 1.807) is 29.7 Å². The number of hydrogen-bond acceptors (Lipinski definition) is 5. The highest BCUT2D eigenvalue weighted by Crippen LogP contribution is 2.22. The SMILES string of the molecule is COc1ccc(CC(NC(=O)C(CC(C)C)C(C)C(=O)NO)C(=O)O)cc1. The van der Waals surface area contributed by atoms with Crippen molar-refractivity contribution in [2.45, 2.75) is 39.7 Å². The normalized spacial score (nSPS) is 14.1. The summed E-state index contributed by atoms with van der Waals surface area (Å²) in [4.78, 5) is 36.0. The summed E-state index contributed by atoms with van der Waals surface area (Å²) in [6.45, 7) is 5.32. The number of carboxylic acids is 1. The topological polar surface area (TPSA) is 125 Å². The summed E-state index contributed by atoms with van der Waals surface area (Å²) in [7, 11) is 1.54. The van der Waals surface area contributed by atoms with Crippen LogP contribution in [0.2, 0.25) is 0 Å². The number of ether oxygens (including phenoxy) is 1. The molecule has 1 aromatic rings. The molecule has 0 aliphatic heterocycles. The third kappa shape index (κ3) is 6.90. The Labute approximate surface area is 158 Å². The van der Waals surface area contributed by atoms with Crippen LogP contribution in [-0.2, 0) is 20.8 Å². The molecule has 0 heterocycles. The lowest BCUT2D eigenvalue weighted by Crippen LogP contribution is -2.48. The minimum atomic E-state index is -1.17. The molecule has 0 spiro atoms. The zero-order valence-corrected chi connectivity index (χ0v) is 16.1. The van der Waals surface area contributed by atoms with Crippen molar-refractivity contribution in [3.8, 4) is 5.75 Å². The largest absolute Gasteiger partial charge is 0.497 e. The number of carbonyl (C=O) groups excluding carboxylic acids is 2. The van der Waals surface area contributed by atoms with Crippen molar-refractivity contribution in [3.63, 3.8) is 0 Å². The Morgan fingerprint density at radius 3 is 2.11 bits per heavy atom. The molecule has 3 unspecified atom stereocenters. The Bertz CT molecular complexity index is 644.